The maximum atomic E-state index is 12.3. The van der Waals surface area contributed by atoms with E-state index in [9.17, 15) is 4.79 Å². The number of oxime groups is 1. The molecule has 2 aromatic rings. The zero-order chi connectivity index (χ0) is 15.4. The van der Waals surface area contributed by atoms with E-state index >= 15 is 0 Å². The van der Waals surface area contributed by atoms with E-state index in [2.05, 4.69) is 20.1 Å². The first-order valence-corrected chi connectivity index (χ1v) is 7.12. The van der Waals surface area contributed by atoms with Gasteiger partial charge in [0.15, 0.2) is 5.84 Å². The smallest absolute Gasteiger partial charge is 0.269 e. The molecule has 4 N–H and O–H groups in total. The molecule has 0 saturated heterocycles. The summed E-state index contributed by atoms with van der Waals surface area (Å²) in [7, 11) is 0. The summed E-state index contributed by atoms with van der Waals surface area (Å²) >= 11 is 6.92. The number of aromatic nitrogens is 2. The average molecular weight is 326 g/mol. The first-order chi connectivity index (χ1) is 10.1. The minimum absolute atomic E-state index is 0.125. The van der Waals surface area contributed by atoms with Crippen LogP contribution >= 0.6 is 23.1 Å². The van der Waals surface area contributed by atoms with Gasteiger partial charge in [0, 0.05) is 10.6 Å². The molecule has 0 saturated carbocycles. The van der Waals surface area contributed by atoms with Crippen LogP contribution in [0, 0.1) is 0 Å². The number of aryl methyl sites for hydroxylation is 1. The second kappa shape index (κ2) is 6.51. The quantitative estimate of drug-likeness (QED) is 0.345. The number of carbonyl (C=O) groups excluding carboxylic acids is 1. The highest BCUT2D eigenvalue weighted by Crippen LogP contribution is 2.23. The van der Waals surface area contributed by atoms with Crippen LogP contribution < -0.4 is 11.1 Å². The van der Waals surface area contributed by atoms with Gasteiger partial charge >= 0.3 is 0 Å². The number of amides is 1. The summed E-state index contributed by atoms with van der Waals surface area (Å²) in [4.78, 5) is 12.7. The molecule has 0 fully saturated rings. The summed E-state index contributed by atoms with van der Waals surface area (Å²) in [5.41, 5.74) is 6.91. The highest BCUT2D eigenvalue weighted by Gasteiger charge is 2.17. The number of amidine groups is 1. The number of anilines is 1. The zero-order valence-corrected chi connectivity index (χ0v) is 12.6. The Morgan fingerprint density at radius 3 is 3.00 bits per heavy atom. The monoisotopic (exact) mass is 325 g/mol. The molecule has 0 spiro atoms. The lowest BCUT2D eigenvalue weighted by Crippen LogP contribution is -2.19. The normalized spacial score (nSPS) is 11.4. The highest BCUT2D eigenvalue weighted by molar-refractivity contribution is 7.08. The van der Waals surface area contributed by atoms with Gasteiger partial charge in [-0.1, -0.05) is 28.2 Å². The third kappa shape index (κ3) is 3.29. The van der Waals surface area contributed by atoms with Gasteiger partial charge in [-0.2, -0.15) is 0 Å². The molecule has 0 aliphatic carbocycles. The van der Waals surface area contributed by atoms with Crippen LogP contribution in [0.3, 0.4) is 0 Å². The number of carbonyl (C=O) groups is 1. The molecule has 0 atom stereocenters. The van der Waals surface area contributed by atoms with Crippen LogP contribution in [-0.2, 0) is 6.42 Å². The fourth-order valence-electron chi connectivity index (χ4n) is 1.69. The van der Waals surface area contributed by atoms with E-state index in [1.807, 2.05) is 6.92 Å². The van der Waals surface area contributed by atoms with Gasteiger partial charge in [-0.25, -0.2) is 0 Å². The molecule has 0 unspecified atom stereocenters. The van der Waals surface area contributed by atoms with E-state index in [0.717, 1.165) is 11.5 Å². The number of nitrogens with zero attached hydrogens (tertiary/aromatic N) is 3. The zero-order valence-electron chi connectivity index (χ0n) is 11.0. The fraction of sp³-hybridized carbons (Fsp3) is 0.167. The Balaban J connectivity index is 2.35. The number of hydrogen-bond donors (Lipinski definition) is 3. The van der Waals surface area contributed by atoms with Crippen molar-refractivity contribution >= 4 is 40.6 Å². The fourth-order valence-corrected chi connectivity index (χ4v) is 2.51. The Kier molecular flexibility index (Phi) is 4.71. The van der Waals surface area contributed by atoms with E-state index in [4.69, 9.17) is 22.5 Å². The summed E-state index contributed by atoms with van der Waals surface area (Å²) in [6.45, 7) is 1.88. The van der Waals surface area contributed by atoms with Crippen molar-refractivity contribution in [3.63, 3.8) is 0 Å². The third-order valence-electron chi connectivity index (χ3n) is 2.71. The summed E-state index contributed by atoms with van der Waals surface area (Å²) < 4.78 is 3.76. The number of nitrogens with two attached hydrogens (primary N) is 1. The lowest BCUT2D eigenvalue weighted by atomic mass is 10.1. The second-order valence-electron chi connectivity index (χ2n) is 4.03. The molecule has 2 rings (SSSR count). The van der Waals surface area contributed by atoms with Crippen LogP contribution in [0.25, 0.3) is 0 Å². The van der Waals surface area contributed by atoms with Crippen molar-refractivity contribution in [3.8, 4) is 0 Å². The molecule has 0 aliphatic rings. The minimum Gasteiger partial charge on any atom is -0.409 e. The molecule has 21 heavy (non-hydrogen) atoms. The van der Waals surface area contributed by atoms with Crippen LogP contribution in [0.1, 0.15) is 27.9 Å². The minimum atomic E-state index is -0.365. The van der Waals surface area contributed by atoms with E-state index in [0.29, 0.717) is 33.3 Å². The maximum Gasteiger partial charge on any atom is 0.269 e. The third-order valence-corrected chi connectivity index (χ3v) is 3.71. The largest absolute Gasteiger partial charge is 0.409 e. The van der Waals surface area contributed by atoms with Crippen molar-refractivity contribution in [2.45, 2.75) is 13.3 Å². The maximum absolute atomic E-state index is 12.3. The predicted octanol–water partition coefficient (Wildman–Crippen LogP) is 2.10. The van der Waals surface area contributed by atoms with Crippen molar-refractivity contribution in [1.82, 2.24) is 9.59 Å². The Bertz CT molecular complexity index is 701. The molecule has 110 valence electrons. The number of hydrogen-bond acceptors (Lipinski definition) is 6. The molecular weight excluding hydrogens is 314 g/mol. The van der Waals surface area contributed by atoms with Crippen LogP contribution in [0.15, 0.2) is 23.4 Å². The van der Waals surface area contributed by atoms with E-state index in [-0.39, 0.29) is 11.7 Å². The SMILES string of the molecule is CCc1nnsc1C(=O)Nc1cc(Cl)ccc1C(N)=NO. The molecule has 1 amide bonds. The van der Waals surface area contributed by atoms with Crippen molar-refractivity contribution in [1.29, 1.82) is 0 Å². The van der Waals surface area contributed by atoms with Gasteiger partial charge in [0.2, 0.25) is 0 Å². The first-order valence-electron chi connectivity index (χ1n) is 5.96. The highest BCUT2D eigenvalue weighted by atomic mass is 35.5. The molecule has 1 aromatic heterocycles. The molecule has 1 aromatic carbocycles. The summed E-state index contributed by atoms with van der Waals surface area (Å²) in [6, 6.07) is 4.65. The summed E-state index contributed by atoms with van der Waals surface area (Å²) in [6.07, 6.45) is 0.599. The van der Waals surface area contributed by atoms with Gasteiger partial charge < -0.3 is 16.3 Å². The van der Waals surface area contributed by atoms with Crippen LogP contribution in [0.5, 0.6) is 0 Å². The Morgan fingerprint density at radius 1 is 1.57 bits per heavy atom. The van der Waals surface area contributed by atoms with Gasteiger partial charge in [-0.05, 0) is 36.2 Å². The van der Waals surface area contributed by atoms with E-state index < -0.39 is 0 Å². The molecule has 0 aliphatic heterocycles. The molecule has 0 bridgehead atoms. The lowest BCUT2D eigenvalue weighted by molar-refractivity contribution is 0.102. The van der Waals surface area contributed by atoms with Gasteiger partial charge in [0.25, 0.3) is 5.91 Å². The molecular formula is C12H12ClN5O2S. The second-order valence-corrected chi connectivity index (χ2v) is 5.22. The van der Waals surface area contributed by atoms with E-state index in [1.165, 1.54) is 6.07 Å². The number of benzene rings is 1. The van der Waals surface area contributed by atoms with Crippen molar-refractivity contribution in [2.24, 2.45) is 10.9 Å². The average Bonchev–Trinajstić information content (AvgIpc) is 2.95. The van der Waals surface area contributed by atoms with Crippen molar-refractivity contribution in [2.75, 3.05) is 5.32 Å². The molecule has 7 nitrogen and oxygen atoms in total. The summed E-state index contributed by atoms with van der Waals surface area (Å²) in [5.74, 6) is -0.490. The predicted molar refractivity (Wildman–Crippen MR) is 81.2 cm³/mol. The summed E-state index contributed by atoms with van der Waals surface area (Å²) in [5, 5.41) is 18.7. The Morgan fingerprint density at radius 2 is 2.33 bits per heavy atom. The molecule has 9 heteroatoms. The van der Waals surface area contributed by atoms with Gasteiger partial charge in [0.05, 0.1) is 11.4 Å². The van der Waals surface area contributed by atoms with E-state index in [1.54, 1.807) is 12.1 Å². The van der Waals surface area contributed by atoms with Crippen molar-refractivity contribution in [3.05, 3.63) is 39.4 Å². The van der Waals surface area contributed by atoms with Crippen LogP contribution in [-0.4, -0.2) is 26.5 Å². The van der Waals surface area contributed by atoms with Gasteiger partial charge in [-0.15, -0.1) is 5.10 Å². The molecule has 1 heterocycles. The van der Waals surface area contributed by atoms with Gasteiger partial charge in [0.1, 0.15) is 4.88 Å². The van der Waals surface area contributed by atoms with Crippen LogP contribution in [0.2, 0.25) is 5.02 Å². The molecule has 0 radical (unpaired) electrons. The first kappa shape index (κ1) is 15.2. The Hall–Kier alpha value is -2.19. The van der Waals surface area contributed by atoms with Crippen molar-refractivity contribution < 1.29 is 10.0 Å². The number of halogens is 1. The standard InChI is InChI=1S/C12H12ClN5O2S/c1-2-8-10(21-18-16-8)12(19)15-9-5-6(13)3-4-7(9)11(14)17-20/h3-5,20H,2H2,1H3,(H2,14,17)(H,15,19). The number of nitrogens with one attached hydrogen (secondary N) is 1. The van der Waals surface area contributed by atoms with Crippen LogP contribution in [0.4, 0.5) is 5.69 Å². The number of rotatable bonds is 4. The van der Waals surface area contributed by atoms with Gasteiger partial charge in [-0.3, -0.25) is 4.79 Å². The topological polar surface area (TPSA) is 113 Å². The Labute approximate surface area is 129 Å². The lowest BCUT2D eigenvalue weighted by Gasteiger charge is -2.10.